The number of halogens is 1. The Hall–Kier alpha value is -0.660. The Bertz CT molecular complexity index is 587. The first-order valence-corrected chi connectivity index (χ1v) is 7.62. The van der Waals surface area contributed by atoms with Crippen molar-refractivity contribution in [1.29, 1.82) is 0 Å². The van der Waals surface area contributed by atoms with Crippen LogP contribution in [0.15, 0.2) is 26.4 Å². The van der Waals surface area contributed by atoms with E-state index in [2.05, 4.69) is 20.9 Å². The summed E-state index contributed by atoms with van der Waals surface area (Å²) in [5, 5.41) is 0. The molecule has 0 saturated carbocycles. The molecular formula is C11H17BrN2O3S. The van der Waals surface area contributed by atoms with Gasteiger partial charge < -0.3 is 4.98 Å². The third kappa shape index (κ3) is 3.66. The van der Waals surface area contributed by atoms with E-state index in [9.17, 15) is 13.2 Å². The van der Waals surface area contributed by atoms with E-state index in [0.717, 1.165) is 0 Å². The largest absolute Gasteiger partial charge is 0.327 e. The lowest BCUT2D eigenvalue weighted by Gasteiger charge is -2.25. The van der Waals surface area contributed by atoms with Crippen molar-refractivity contribution in [2.24, 2.45) is 5.41 Å². The molecular weight excluding hydrogens is 320 g/mol. The van der Waals surface area contributed by atoms with E-state index in [0.29, 0.717) is 11.0 Å². The fourth-order valence-electron chi connectivity index (χ4n) is 1.55. The number of H-pyrrole nitrogens is 1. The van der Waals surface area contributed by atoms with Gasteiger partial charge in [0.2, 0.25) is 10.0 Å². The zero-order chi connectivity index (χ0) is 14.1. The lowest BCUT2D eigenvalue weighted by Crippen LogP contribution is -2.36. The van der Waals surface area contributed by atoms with Crippen LogP contribution < -0.4 is 5.56 Å². The van der Waals surface area contributed by atoms with E-state index in [1.165, 1.54) is 23.6 Å². The van der Waals surface area contributed by atoms with Crippen LogP contribution >= 0.6 is 15.9 Å². The van der Waals surface area contributed by atoms with Crippen molar-refractivity contribution in [1.82, 2.24) is 9.29 Å². The lowest BCUT2D eigenvalue weighted by molar-refractivity contribution is 0.310. The highest BCUT2D eigenvalue weighted by Crippen LogP contribution is 2.20. The maximum absolute atomic E-state index is 12.3. The zero-order valence-electron chi connectivity index (χ0n) is 10.8. The molecule has 1 aromatic rings. The van der Waals surface area contributed by atoms with Crippen LogP contribution in [0.1, 0.15) is 20.8 Å². The molecule has 0 atom stereocenters. The number of aromatic nitrogens is 1. The Labute approximate surface area is 115 Å². The first kappa shape index (κ1) is 15.4. The highest BCUT2D eigenvalue weighted by atomic mass is 79.9. The monoisotopic (exact) mass is 336 g/mol. The normalized spacial score (nSPS) is 13.0. The van der Waals surface area contributed by atoms with Crippen LogP contribution in [0.4, 0.5) is 0 Å². The molecule has 0 bridgehead atoms. The van der Waals surface area contributed by atoms with Crippen LogP contribution in [-0.4, -0.2) is 31.3 Å². The maximum atomic E-state index is 12.3. The van der Waals surface area contributed by atoms with Crippen LogP contribution in [0.25, 0.3) is 0 Å². The summed E-state index contributed by atoms with van der Waals surface area (Å²) in [6.07, 6.45) is 1.41. The molecule has 0 aliphatic heterocycles. The van der Waals surface area contributed by atoms with Crippen molar-refractivity contribution < 1.29 is 8.42 Å². The van der Waals surface area contributed by atoms with Gasteiger partial charge in [-0.15, -0.1) is 0 Å². The highest BCUT2D eigenvalue weighted by molar-refractivity contribution is 9.10. The van der Waals surface area contributed by atoms with Crippen molar-refractivity contribution in [2.45, 2.75) is 25.7 Å². The summed E-state index contributed by atoms with van der Waals surface area (Å²) in [6.45, 7) is 6.14. The molecule has 0 radical (unpaired) electrons. The van der Waals surface area contributed by atoms with Crippen LogP contribution in [0.2, 0.25) is 0 Å². The van der Waals surface area contributed by atoms with Gasteiger partial charge in [-0.2, -0.15) is 0 Å². The van der Waals surface area contributed by atoms with E-state index in [4.69, 9.17) is 0 Å². The summed E-state index contributed by atoms with van der Waals surface area (Å²) in [7, 11) is -2.29. The zero-order valence-corrected chi connectivity index (χ0v) is 13.2. The summed E-state index contributed by atoms with van der Waals surface area (Å²) >= 11 is 3.15. The van der Waals surface area contributed by atoms with Gasteiger partial charge in [0, 0.05) is 24.3 Å². The van der Waals surface area contributed by atoms with Gasteiger partial charge >= 0.3 is 0 Å². The summed E-state index contributed by atoms with van der Waals surface area (Å²) in [5.74, 6) is 0. The second-order valence-corrected chi connectivity index (χ2v) is 8.26. The summed E-state index contributed by atoms with van der Waals surface area (Å²) in [5.41, 5.74) is -0.792. The van der Waals surface area contributed by atoms with Crippen molar-refractivity contribution in [3.05, 3.63) is 27.1 Å². The van der Waals surface area contributed by atoms with Crippen LogP contribution in [-0.2, 0) is 10.0 Å². The Morgan fingerprint density at radius 3 is 2.44 bits per heavy atom. The van der Waals surface area contributed by atoms with Crippen molar-refractivity contribution in [3.8, 4) is 0 Å². The standard InChI is InChI=1S/C11H17BrN2O3S/c1-11(2,3)7-14(4)18(16,17)9-5-8(12)6-13-10(9)15/h5-6H,7H2,1-4H3,(H,13,15). The van der Waals surface area contributed by atoms with Gasteiger partial charge in [0.15, 0.2) is 0 Å². The molecule has 0 aliphatic rings. The minimum absolute atomic E-state index is 0.180. The predicted molar refractivity (Wildman–Crippen MR) is 74.0 cm³/mol. The van der Waals surface area contributed by atoms with Crippen molar-refractivity contribution >= 4 is 26.0 Å². The molecule has 18 heavy (non-hydrogen) atoms. The number of nitrogens with one attached hydrogen (secondary N) is 1. The molecule has 0 amide bonds. The van der Waals surface area contributed by atoms with E-state index in [-0.39, 0.29) is 10.3 Å². The average Bonchev–Trinajstić information content (AvgIpc) is 2.19. The second kappa shape index (κ2) is 5.14. The molecule has 0 aromatic carbocycles. The van der Waals surface area contributed by atoms with Gasteiger partial charge in [-0.3, -0.25) is 4.79 Å². The topological polar surface area (TPSA) is 70.2 Å². The summed E-state index contributed by atoms with van der Waals surface area (Å²) < 4.78 is 26.3. The molecule has 5 nitrogen and oxygen atoms in total. The van der Waals surface area contributed by atoms with Gasteiger partial charge in [0.25, 0.3) is 5.56 Å². The number of pyridine rings is 1. The molecule has 0 unspecified atom stereocenters. The fraction of sp³-hybridized carbons (Fsp3) is 0.545. The van der Waals surface area contributed by atoms with Crippen LogP contribution in [0.5, 0.6) is 0 Å². The molecule has 0 spiro atoms. The Morgan fingerprint density at radius 2 is 1.94 bits per heavy atom. The number of aromatic amines is 1. The smallest absolute Gasteiger partial charge is 0.268 e. The van der Waals surface area contributed by atoms with Gasteiger partial charge in [0.05, 0.1) is 0 Å². The number of hydrogen-bond acceptors (Lipinski definition) is 3. The number of rotatable bonds is 3. The maximum Gasteiger partial charge on any atom is 0.268 e. The quantitative estimate of drug-likeness (QED) is 0.914. The van der Waals surface area contributed by atoms with Crippen molar-refractivity contribution in [2.75, 3.05) is 13.6 Å². The summed E-state index contributed by atoms with van der Waals surface area (Å²) in [6, 6.07) is 1.31. The molecule has 1 N–H and O–H groups in total. The molecule has 0 saturated heterocycles. The highest BCUT2D eigenvalue weighted by Gasteiger charge is 2.27. The van der Waals surface area contributed by atoms with E-state index in [1.807, 2.05) is 20.8 Å². The van der Waals surface area contributed by atoms with E-state index in [1.54, 1.807) is 0 Å². The number of sulfonamides is 1. The molecule has 1 aromatic heterocycles. The Morgan fingerprint density at radius 1 is 1.39 bits per heavy atom. The molecule has 0 aliphatic carbocycles. The molecule has 1 rings (SSSR count). The van der Waals surface area contributed by atoms with Gasteiger partial charge in [-0.25, -0.2) is 12.7 Å². The van der Waals surface area contributed by atoms with Gasteiger partial charge in [0.1, 0.15) is 4.90 Å². The molecule has 0 fully saturated rings. The third-order valence-corrected chi connectivity index (χ3v) is 4.49. The molecule has 102 valence electrons. The first-order chi connectivity index (χ1) is 8.04. The second-order valence-electron chi connectivity index (χ2n) is 5.33. The lowest BCUT2D eigenvalue weighted by atomic mass is 9.97. The average molecular weight is 337 g/mol. The molecule has 7 heteroatoms. The molecule has 1 heterocycles. The van der Waals surface area contributed by atoms with Crippen LogP contribution in [0.3, 0.4) is 0 Å². The minimum Gasteiger partial charge on any atom is -0.327 e. The number of hydrogen-bond donors (Lipinski definition) is 1. The van der Waals surface area contributed by atoms with Gasteiger partial charge in [-0.05, 0) is 27.4 Å². The number of nitrogens with zero attached hydrogens (tertiary/aromatic N) is 1. The van der Waals surface area contributed by atoms with E-state index >= 15 is 0 Å². The third-order valence-electron chi connectivity index (χ3n) is 2.22. The van der Waals surface area contributed by atoms with E-state index < -0.39 is 15.6 Å². The Kier molecular flexibility index (Phi) is 4.40. The SMILES string of the molecule is CN(CC(C)(C)C)S(=O)(=O)c1cc(Br)c[nH]c1=O. The van der Waals surface area contributed by atoms with Crippen LogP contribution in [0, 0.1) is 5.41 Å². The van der Waals surface area contributed by atoms with Crippen molar-refractivity contribution in [3.63, 3.8) is 0 Å². The fourth-order valence-corrected chi connectivity index (χ4v) is 3.51. The predicted octanol–water partition coefficient (Wildman–Crippen LogP) is 1.80. The van der Waals surface area contributed by atoms with Gasteiger partial charge in [-0.1, -0.05) is 20.8 Å². The first-order valence-electron chi connectivity index (χ1n) is 5.38. The minimum atomic E-state index is -3.77. The Balaban J connectivity index is 3.22. The summed E-state index contributed by atoms with van der Waals surface area (Å²) in [4.78, 5) is 13.7.